The van der Waals surface area contributed by atoms with E-state index in [1.54, 1.807) is 7.11 Å². The maximum atomic E-state index is 15.3. The fraction of sp³-hybridized carbons (Fsp3) is 0.528. The zero-order valence-electron chi connectivity index (χ0n) is 24.6. The summed E-state index contributed by atoms with van der Waals surface area (Å²) in [5, 5.41) is 21.8. The zero-order valence-corrected chi connectivity index (χ0v) is 24.6. The van der Waals surface area contributed by atoms with Crippen molar-refractivity contribution in [3.63, 3.8) is 0 Å². The first-order valence-corrected chi connectivity index (χ1v) is 15.7. The molecule has 6 aliphatic rings. The van der Waals surface area contributed by atoms with Gasteiger partial charge in [0.25, 0.3) is 0 Å². The molecule has 2 aromatic carbocycles. The highest BCUT2D eigenvalue weighted by molar-refractivity contribution is 5.91. The number of methoxy groups -OCH3 is 1. The van der Waals surface area contributed by atoms with E-state index in [4.69, 9.17) is 9.47 Å². The summed E-state index contributed by atoms with van der Waals surface area (Å²) in [6.07, 6.45) is 12.4. The maximum Gasteiger partial charge on any atom is 0.222 e. The molecule has 3 atom stereocenters. The Morgan fingerprint density at radius 2 is 1.69 bits per heavy atom. The minimum absolute atomic E-state index is 0.265. The summed E-state index contributed by atoms with van der Waals surface area (Å²) < 4.78 is 11.8. The predicted molar refractivity (Wildman–Crippen MR) is 159 cm³/mol. The van der Waals surface area contributed by atoms with Crippen molar-refractivity contribution in [2.24, 2.45) is 29.1 Å². The molecular formula is C36H39N3O3. The standard InChI is InChI=1S/C36H39N3O3/c1-3-4-13-42-29-10-9-27(17-30(29)41-2)32-31(34(40)35-18-23-14-24(19-35)16-25(15-23)20-35)33-28-8-6-5-7-26(28)11-12-39(33)36(32,21-37)22-38/h5-12,17,23-25,31-33H,3-4,13-16,18-20H2,1-2H3/t23?,24?,25?,31-,32+,33+,35?/m1/s1. The average Bonchev–Trinajstić information content (AvgIpc) is 3.31. The summed E-state index contributed by atoms with van der Waals surface area (Å²) in [6, 6.07) is 18.4. The summed E-state index contributed by atoms with van der Waals surface area (Å²) in [7, 11) is 1.61. The number of Topliss-reactive ketones (excluding diaryl/α,β-unsaturated/α-hetero) is 1. The van der Waals surface area contributed by atoms with Crippen molar-refractivity contribution >= 4 is 11.9 Å². The summed E-state index contributed by atoms with van der Waals surface area (Å²) in [4.78, 5) is 17.2. The van der Waals surface area contributed by atoms with E-state index in [-0.39, 0.29) is 17.2 Å². The van der Waals surface area contributed by atoms with Gasteiger partial charge < -0.3 is 14.4 Å². The van der Waals surface area contributed by atoms with Crippen molar-refractivity contribution < 1.29 is 14.3 Å². The third-order valence-electron chi connectivity index (χ3n) is 11.1. The highest BCUT2D eigenvalue weighted by atomic mass is 16.5. The van der Waals surface area contributed by atoms with Gasteiger partial charge in [0.1, 0.15) is 17.9 Å². The van der Waals surface area contributed by atoms with Gasteiger partial charge >= 0.3 is 0 Å². The number of carbonyl (C=O) groups is 1. The maximum absolute atomic E-state index is 15.3. The molecule has 8 rings (SSSR count). The van der Waals surface area contributed by atoms with Crippen LogP contribution in [-0.2, 0) is 4.79 Å². The normalized spacial score (nSPS) is 32.9. The van der Waals surface area contributed by atoms with Crippen molar-refractivity contribution in [1.29, 1.82) is 10.5 Å². The van der Waals surface area contributed by atoms with E-state index in [9.17, 15) is 10.5 Å². The molecule has 0 aromatic heterocycles. The Hall–Kier alpha value is -3.77. The van der Waals surface area contributed by atoms with Crippen molar-refractivity contribution in [1.82, 2.24) is 4.90 Å². The smallest absolute Gasteiger partial charge is 0.222 e. The van der Waals surface area contributed by atoms with Crippen LogP contribution < -0.4 is 9.47 Å². The number of fused-ring (bicyclic) bond motifs is 3. The number of ketones is 1. The molecule has 216 valence electrons. The van der Waals surface area contributed by atoms with Crippen LogP contribution in [-0.4, -0.2) is 29.9 Å². The molecule has 6 heteroatoms. The minimum atomic E-state index is -1.55. The van der Waals surface area contributed by atoms with Gasteiger partial charge in [-0.1, -0.05) is 43.7 Å². The number of ether oxygens (including phenoxy) is 2. The fourth-order valence-electron chi connectivity index (χ4n) is 9.75. The molecule has 0 spiro atoms. The first kappa shape index (κ1) is 27.1. The number of hydrogen-bond donors (Lipinski definition) is 0. The lowest BCUT2D eigenvalue weighted by Crippen LogP contribution is -2.52. The van der Waals surface area contributed by atoms with E-state index >= 15 is 4.79 Å². The lowest BCUT2D eigenvalue weighted by molar-refractivity contribution is -0.149. The second kappa shape index (κ2) is 10.2. The fourth-order valence-corrected chi connectivity index (χ4v) is 9.75. The van der Waals surface area contributed by atoms with Crippen molar-refractivity contribution in [3.8, 4) is 23.6 Å². The Morgan fingerprint density at radius 3 is 2.33 bits per heavy atom. The number of carbonyl (C=O) groups excluding carboxylic acids is 1. The van der Waals surface area contributed by atoms with E-state index in [1.807, 2.05) is 47.5 Å². The molecule has 2 aromatic rings. The number of rotatable bonds is 8. The Bertz CT molecular complexity index is 1460. The zero-order chi connectivity index (χ0) is 29.1. The van der Waals surface area contributed by atoms with Crippen LogP contribution in [0.3, 0.4) is 0 Å². The quantitative estimate of drug-likeness (QED) is 0.317. The molecule has 42 heavy (non-hydrogen) atoms. The van der Waals surface area contributed by atoms with E-state index < -0.39 is 17.4 Å². The Morgan fingerprint density at radius 1 is 1.00 bits per heavy atom. The summed E-state index contributed by atoms with van der Waals surface area (Å²) >= 11 is 0. The molecule has 2 heterocycles. The van der Waals surface area contributed by atoms with Gasteiger partial charge in [0, 0.05) is 17.5 Å². The first-order chi connectivity index (χ1) is 20.5. The van der Waals surface area contributed by atoms with Crippen molar-refractivity contribution in [2.45, 2.75) is 75.8 Å². The van der Waals surface area contributed by atoms with Crippen molar-refractivity contribution in [2.75, 3.05) is 13.7 Å². The van der Waals surface area contributed by atoms with E-state index in [2.05, 4.69) is 31.2 Å². The second-order valence-electron chi connectivity index (χ2n) is 13.5. The molecule has 0 amide bonds. The molecule has 1 saturated heterocycles. The largest absolute Gasteiger partial charge is 0.493 e. The van der Waals surface area contributed by atoms with Gasteiger partial charge in [0.2, 0.25) is 5.54 Å². The monoisotopic (exact) mass is 561 g/mol. The van der Waals surface area contributed by atoms with E-state index in [1.165, 1.54) is 19.3 Å². The number of unbranched alkanes of at least 4 members (excludes halogenated alkanes) is 1. The highest BCUT2D eigenvalue weighted by Gasteiger charge is 2.67. The Kier molecular flexibility index (Phi) is 6.58. The number of nitrogens with zero attached hydrogens (tertiary/aromatic N) is 3. The van der Waals surface area contributed by atoms with Crippen LogP contribution >= 0.6 is 0 Å². The van der Waals surface area contributed by atoms with Gasteiger partial charge in [-0.3, -0.25) is 4.79 Å². The Balaban J connectivity index is 1.39. The van der Waals surface area contributed by atoms with Crippen LogP contribution in [0.1, 0.15) is 86.9 Å². The van der Waals surface area contributed by atoms with E-state index in [0.717, 1.165) is 48.8 Å². The molecular weight excluding hydrogens is 522 g/mol. The van der Waals surface area contributed by atoms with E-state index in [0.29, 0.717) is 35.9 Å². The second-order valence-corrected chi connectivity index (χ2v) is 13.5. The first-order valence-electron chi connectivity index (χ1n) is 15.7. The number of hydrogen-bond acceptors (Lipinski definition) is 6. The van der Waals surface area contributed by atoms with Crippen LogP contribution in [0.4, 0.5) is 0 Å². The van der Waals surface area contributed by atoms with Gasteiger partial charge in [0.15, 0.2) is 11.5 Å². The number of nitriles is 2. The topological polar surface area (TPSA) is 86.4 Å². The molecule has 0 N–H and O–H groups in total. The van der Waals surface area contributed by atoms with Gasteiger partial charge in [0.05, 0.1) is 25.7 Å². The highest BCUT2D eigenvalue weighted by Crippen LogP contribution is 2.65. The third-order valence-corrected chi connectivity index (χ3v) is 11.1. The molecule has 2 aliphatic heterocycles. The van der Waals surface area contributed by atoms with Crippen LogP contribution in [0.15, 0.2) is 48.7 Å². The SMILES string of the molecule is CCCCOc1ccc([C@H]2[C@@H](C(=O)C34CC5CC(CC(C5)C3)C4)[C@@H]3c4ccccc4C=CN3C2(C#N)C#N)cc1OC. The minimum Gasteiger partial charge on any atom is -0.493 e. The average molecular weight is 562 g/mol. The van der Waals surface area contributed by atoms with Crippen LogP contribution in [0, 0.1) is 51.7 Å². The molecule has 0 radical (unpaired) electrons. The molecule has 4 aliphatic carbocycles. The summed E-state index contributed by atoms with van der Waals surface area (Å²) in [5.74, 6) is 2.13. The number of benzene rings is 2. The van der Waals surface area contributed by atoms with Gasteiger partial charge in [-0.2, -0.15) is 10.5 Å². The van der Waals surface area contributed by atoms with Crippen LogP contribution in [0.25, 0.3) is 6.08 Å². The summed E-state index contributed by atoms with van der Waals surface area (Å²) in [5.41, 5.74) is 0.929. The molecule has 4 saturated carbocycles. The van der Waals surface area contributed by atoms with Gasteiger partial charge in [-0.15, -0.1) is 0 Å². The van der Waals surface area contributed by atoms with Crippen molar-refractivity contribution in [3.05, 3.63) is 65.4 Å². The lowest BCUT2D eigenvalue weighted by Gasteiger charge is -2.57. The lowest BCUT2D eigenvalue weighted by atomic mass is 9.47. The summed E-state index contributed by atoms with van der Waals surface area (Å²) in [6.45, 7) is 2.70. The molecule has 5 fully saturated rings. The molecule has 6 nitrogen and oxygen atoms in total. The van der Waals surface area contributed by atoms with Crippen LogP contribution in [0.2, 0.25) is 0 Å². The Labute approximate surface area is 248 Å². The molecule has 4 bridgehead atoms. The van der Waals surface area contributed by atoms with Gasteiger partial charge in [-0.05, 0) is 97.6 Å². The van der Waals surface area contributed by atoms with Gasteiger partial charge in [-0.25, -0.2) is 0 Å². The molecule has 0 unspecified atom stereocenters. The van der Waals surface area contributed by atoms with Crippen LogP contribution in [0.5, 0.6) is 11.5 Å². The predicted octanol–water partition coefficient (Wildman–Crippen LogP) is 7.19. The third kappa shape index (κ3) is 3.91.